The molecule has 1 aromatic rings. The number of rotatable bonds is 7. The fraction of sp³-hybridized carbons (Fsp3) is 0.647. The zero-order valence-corrected chi connectivity index (χ0v) is 15.6. The summed E-state index contributed by atoms with van der Waals surface area (Å²) in [5, 5.41) is 2.85. The lowest BCUT2D eigenvalue weighted by Gasteiger charge is -2.27. The van der Waals surface area contributed by atoms with Crippen LogP contribution in [0.2, 0.25) is 0 Å². The lowest BCUT2D eigenvalue weighted by Crippen LogP contribution is -2.32. The molecule has 1 aliphatic heterocycles. The first-order chi connectivity index (χ1) is 12.0. The first-order valence-corrected chi connectivity index (χ1v) is 10.7. The third kappa shape index (κ3) is 7.39. The highest BCUT2D eigenvalue weighted by molar-refractivity contribution is 7.88. The van der Waals surface area contributed by atoms with Crippen LogP contribution in [0.4, 0.5) is 5.82 Å². The van der Waals surface area contributed by atoms with Crippen molar-refractivity contribution in [2.75, 3.05) is 30.8 Å². The zero-order chi connectivity index (χ0) is 18.1. The van der Waals surface area contributed by atoms with Crippen LogP contribution in [0.5, 0.6) is 0 Å². The molecule has 1 fully saturated rings. The summed E-state index contributed by atoms with van der Waals surface area (Å²) in [6.07, 6.45) is 9.13. The van der Waals surface area contributed by atoms with Gasteiger partial charge in [0.2, 0.25) is 15.9 Å². The quantitative estimate of drug-likeness (QED) is 0.759. The van der Waals surface area contributed by atoms with E-state index in [9.17, 15) is 13.2 Å². The molecule has 0 unspecified atom stereocenters. The van der Waals surface area contributed by atoms with Gasteiger partial charge < -0.3 is 10.2 Å². The van der Waals surface area contributed by atoms with Gasteiger partial charge in [0.15, 0.2) is 0 Å². The monoisotopic (exact) mass is 368 g/mol. The maximum Gasteiger partial charge on any atom is 0.221 e. The first-order valence-electron chi connectivity index (χ1n) is 8.86. The molecule has 0 spiro atoms. The fourth-order valence-corrected chi connectivity index (χ4v) is 3.42. The largest absolute Gasteiger partial charge is 0.356 e. The van der Waals surface area contributed by atoms with Crippen LogP contribution in [-0.2, 0) is 21.4 Å². The summed E-state index contributed by atoms with van der Waals surface area (Å²) in [6, 6.07) is 3.86. The Morgan fingerprint density at radius 3 is 2.56 bits per heavy atom. The van der Waals surface area contributed by atoms with Gasteiger partial charge in [0.25, 0.3) is 0 Å². The summed E-state index contributed by atoms with van der Waals surface area (Å²) in [6.45, 7) is 2.50. The van der Waals surface area contributed by atoms with Gasteiger partial charge in [-0.2, -0.15) is 0 Å². The van der Waals surface area contributed by atoms with Gasteiger partial charge in [-0.1, -0.05) is 25.3 Å². The SMILES string of the molecule is CS(=O)(=O)NCCC(=O)NCc1cccnc1N1CCCCCCC1. The van der Waals surface area contributed by atoms with Crippen LogP contribution in [0.3, 0.4) is 0 Å². The Morgan fingerprint density at radius 1 is 1.20 bits per heavy atom. The molecule has 0 atom stereocenters. The molecule has 8 heteroatoms. The van der Waals surface area contributed by atoms with Crippen molar-refractivity contribution < 1.29 is 13.2 Å². The topological polar surface area (TPSA) is 91.4 Å². The van der Waals surface area contributed by atoms with Crippen molar-refractivity contribution in [2.45, 2.75) is 45.1 Å². The summed E-state index contributed by atoms with van der Waals surface area (Å²) in [4.78, 5) is 18.8. The number of hydrogen-bond acceptors (Lipinski definition) is 5. The molecule has 1 amide bonds. The first kappa shape index (κ1) is 19.7. The Hall–Kier alpha value is -1.67. The molecule has 0 aromatic carbocycles. The molecule has 0 radical (unpaired) electrons. The maximum atomic E-state index is 11.9. The Kier molecular flexibility index (Phi) is 7.64. The Morgan fingerprint density at radius 2 is 1.88 bits per heavy atom. The molecule has 2 rings (SSSR count). The van der Waals surface area contributed by atoms with E-state index in [-0.39, 0.29) is 18.9 Å². The molecular formula is C17H28N4O3S. The van der Waals surface area contributed by atoms with E-state index < -0.39 is 10.0 Å². The van der Waals surface area contributed by atoms with E-state index in [0.717, 1.165) is 30.7 Å². The van der Waals surface area contributed by atoms with Crippen molar-refractivity contribution in [1.29, 1.82) is 0 Å². The van der Waals surface area contributed by atoms with Gasteiger partial charge in [0.1, 0.15) is 5.82 Å². The van der Waals surface area contributed by atoms with Gasteiger partial charge in [-0.25, -0.2) is 18.1 Å². The molecular weight excluding hydrogens is 340 g/mol. The second-order valence-corrected chi connectivity index (χ2v) is 8.27. The number of sulfonamides is 1. The van der Waals surface area contributed by atoms with Crippen LogP contribution in [0.25, 0.3) is 0 Å². The summed E-state index contributed by atoms with van der Waals surface area (Å²) >= 11 is 0. The number of amides is 1. The van der Waals surface area contributed by atoms with Gasteiger partial charge in [-0.15, -0.1) is 0 Å². The molecule has 1 aromatic heterocycles. The molecule has 1 aliphatic rings. The summed E-state index contributed by atoms with van der Waals surface area (Å²) in [5.41, 5.74) is 0.993. The zero-order valence-electron chi connectivity index (χ0n) is 14.8. The van der Waals surface area contributed by atoms with Gasteiger partial charge >= 0.3 is 0 Å². The molecule has 0 saturated carbocycles. The predicted molar refractivity (Wildman–Crippen MR) is 98.8 cm³/mol. The average Bonchev–Trinajstić information content (AvgIpc) is 2.52. The van der Waals surface area contributed by atoms with Crippen LogP contribution in [-0.4, -0.2) is 45.2 Å². The minimum atomic E-state index is -3.26. The van der Waals surface area contributed by atoms with Gasteiger partial charge in [-0.3, -0.25) is 4.79 Å². The smallest absolute Gasteiger partial charge is 0.221 e. The molecule has 140 valence electrons. The van der Waals surface area contributed by atoms with Crippen LogP contribution in [0.1, 0.15) is 44.1 Å². The predicted octanol–water partition coefficient (Wildman–Crippen LogP) is 1.41. The summed E-state index contributed by atoms with van der Waals surface area (Å²) < 4.78 is 24.3. The van der Waals surface area contributed by atoms with E-state index in [1.807, 2.05) is 12.1 Å². The lowest BCUT2D eigenvalue weighted by molar-refractivity contribution is -0.121. The van der Waals surface area contributed by atoms with E-state index in [4.69, 9.17) is 0 Å². The molecule has 2 heterocycles. The van der Waals surface area contributed by atoms with E-state index in [1.165, 1.54) is 32.1 Å². The fourth-order valence-electron chi connectivity index (χ4n) is 2.94. The molecule has 0 bridgehead atoms. The Bertz CT molecular complexity index is 656. The number of aromatic nitrogens is 1. The van der Waals surface area contributed by atoms with Gasteiger partial charge in [-0.05, 0) is 18.9 Å². The standard InChI is InChI=1S/C17H28N4O3S/c1-25(23,24)20-11-9-16(22)19-14-15-8-7-10-18-17(15)21-12-5-3-2-4-6-13-21/h7-8,10,20H,2-6,9,11-14H2,1H3,(H,19,22). The van der Waals surface area contributed by atoms with Gasteiger partial charge in [0.05, 0.1) is 6.26 Å². The van der Waals surface area contributed by atoms with E-state index in [2.05, 4.69) is 19.9 Å². The normalized spacial score (nSPS) is 16.1. The molecule has 25 heavy (non-hydrogen) atoms. The van der Waals surface area contributed by atoms with Crippen LogP contribution >= 0.6 is 0 Å². The number of pyridine rings is 1. The van der Waals surface area contributed by atoms with Crippen LogP contribution in [0, 0.1) is 0 Å². The minimum absolute atomic E-state index is 0.108. The number of nitrogens with zero attached hydrogens (tertiary/aromatic N) is 2. The molecule has 0 aliphatic carbocycles. The van der Waals surface area contributed by atoms with Crippen molar-refractivity contribution in [3.63, 3.8) is 0 Å². The van der Waals surface area contributed by atoms with Crippen LogP contribution in [0.15, 0.2) is 18.3 Å². The molecule has 1 saturated heterocycles. The summed E-state index contributed by atoms with van der Waals surface area (Å²) in [5.74, 6) is 0.762. The highest BCUT2D eigenvalue weighted by Gasteiger charge is 2.14. The van der Waals surface area contributed by atoms with E-state index >= 15 is 0 Å². The highest BCUT2D eigenvalue weighted by atomic mass is 32.2. The van der Waals surface area contributed by atoms with Gasteiger partial charge in [0, 0.05) is 44.4 Å². The minimum Gasteiger partial charge on any atom is -0.356 e. The van der Waals surface area contributed by atoms with Crippen molar-refractivity contribution in [3.8, 4) is 0 Å². The third-order valence-corrected chi connectivity index (χ3v) is 4.94. The van der Waals surface area contributed by atoms with Crippen molar-refractivity contribution in [2.24, 2.45) is 0 Å². The highest BCUT2D eigenvalue weighted by Crippen LogP contribution is 2.21. The maximum absolute atomic E-state index is 11.9. The summed E-state index contributed by atoms with van der Waals surface area (Å²) in [7, 11) is -3.26. The second-order valence-electron chi connectivity index (χ2n) is 6.43. The van der Waals surface area contributed by atoms with Crippen LogP contribution < -0.4 is 14.9 Å². The number of carbonyl (C=O) groups excluding carboxylic acids is 1. The van der Waals surface area contributed by atoms with E-state index in [0.29, 0.717) is 6.54 Å². The lowest BCUT2D eigenvalue weighted by atomic mass is 10.1. The Balaban J connectivity index is 1.90. The molecule has 2 N–H and O–H groups in total. The molecule has 7 nitrogen and oxygen atoms in total. The number of anilines is 1. The van der Waals surface area contributed by atoms with Crippen molar-refractivity contribution in [3.05, 3.63) is 23.9 Å². The number of carbonyl (C=O) groups is 1. The second kappa shape index (κ2) is 9.72. The van der Waals surface area contributed by atoms with Crippen molar-refractivity contribution in [1.82, 2.24) is 15.0 Å². The number of nitrogens with one attached hydrogen (secondary N) is 2. The number of hydrogen-bond donors (Lipinski definition) is 2. The third-order valence-electron chi connectivity index (χ3n) is 4.22. The van der Waals surface area contributed by atoms with Crippen molar-refractivity contribution >= 4 is 21.7 Å². The Labute approximate surface area is 150 Å². The average molecular weight is 369 g/mol. The van der Waals surface area contributed by atoms with E-state index in [1.54, 1.807) is 6.20 Å².